The smallest absolute Gasteiger partial charge is 0.372 e. The molecule has 2 nitrogen and oxygen atoms in total. The molecule has 0 aromatic carbocycles. The van der Waals surface area contributed by atoms with Gasteiger partial charge in [-0.25, -0.2) is 0 Å². The van der Waals surface area contributed by atoms with E-state index >= 15 is 0 Å². The monoisotopic (exact) mass is 241 g/mol. The highest BCUT2D eigenvalue weighted by Crippen LogP contribution is 2.23. The molecule has 1 atom stereocenters. The second-order valence-electron chi connectivity index (χ2n) is 4.51. The van der Waals surface area contributed by atoms with Crippen LogP contribution in [0.4, 0.5) is 13.2 Å². The van der Waals surface area contributed by atoms with Crippen molar-refractivity contribution >= 4 is 0 Å². The molecule has 0 aromatic rings. The van der Waals surface area contributed by atoms with Crippen molar-refractivity contribution in [3.8, 4) is 0 Å². The maximum absolute atomic E-state index is 11.8. The summed E-state index contributed by atoms with van der Waals surface area (Å²) in [4.78, 5) is 0. The molecule has 0 amide bonds. The molecule has 0 saturated heterocycles. The van der Waals surface area contributed by atoms with Crippen molar-refractivity contribution in [1.29, 1.82) is 0 Å². The molecule has 0 spiro atoms. The third-order valence-corrected chi connectivity index (χ3v) is 3.00. The first-order chi connectivity index (χ1) is 7.21. The van der Waals surface area contributed by atoms with Crippen molar-refractivity contribution < 1.29 is 17.9 Å². The van der Waals surface area contributed by atoms with Crippen LogP contribution in [-0.4, -0.2) is 24.9 Å². The summed E-state index contributed by atoms with van der Waals surface area (Å²) < 4.78 is 39.8. The summed E-state index contributed by atoms with van der Waals surface area (Å²) in [7, 11) is 0. The van der Waals surface area contributed by atoms with Crippen molar-refractivity contribution in [2.75, 3.05) is 13.2 Å². The molecule has 0 radical (unpaired) electrons. The summed E-state index contributed by atoms with van der Waals surface area (Å²) in [6, 6.07) is 0. The Bertz CT molecular complexity index is 194. The van der Waals surface area contributed by atoms with Crippen LogP contribution in [0, 0.1) is 5.92 Å². The van der Waals surface area contributed by atoms with Crippen LogP contribution in [-0.2, 0) is 4.74 Å². The Labute approximate surface area is 95.3 Å². The third-order valence-electron chi connectivity index (χ3n) is 3.00. The lowest BCUT2D eigenvalue weighted by Crippen LogP contribution is -2.44. The summed E-state index contributed by atoms with van der Waals surface area (Å²) >= 11 is 0. The highest BCUT2D eigenvalue weighted by molar-refractivity contribution is 4.85. The Morgan fingerprint density at radius 1 is 1.25 bits per heavy atom. The topological polar surface area (TPSA) is 35.2 Å². The van der Waals surface area contributed by atoms with E-state index in [1.807, 2.05) is 20.8 Å². The quantitative estimate of drug-likeness (QED) is 0.695. The fraction of sp³-hybridized carbons (Fsp3) is 1.00. The van der Waals surface area contributed by atoms with Gasteiger partial charge < -0.3 is 10.5 Å². The molecule has 0 aliphatic rings. The van der Waals surface area contributed by atoms with Gasteiger partial charge in [0.1, 0.15) is 6.61 Å². The first kappa shape index (κ1) is 15.7. The van der Waals surface area contributed by atoms with E-state index in [9.17, 15) is 13.2 Å². The van der Waals surface area contributed by atoms with Crippen LogP contribution in [0.5, 0.6) is 0 Å². The second-order valence-corrected chi connectivity index (χ2v) is 4.51. The summed E-state index contributed by atoms with van der Waals surface area (Å²) in [5.74, 6) is 0.320. The molecule has 0 fully saturated rings. The molecular weight excluding hydrogens is 219 g/mol. The van der Waals surface area contributed by atoms with Crippen LogP contribution >= 0.6 is 0 Å². The maximum Gasteiger partial charge on any atom is 0.411 e. The lowest BCUT2D eigenvalue weighted by atomic mass is 9.81. The Hall–Kier alpha value is -0.290. The average Bonchev–Trinajstić information content (AvgIpc) is 2.14. The Kier molecular flexibility index (Phi) is 6.33. The number of ether oxygens (including phenoxy) is 1. The van der Waals surface area contributed by atoms with Gasteiger partial charge in [-0.05, 0) is 25.2 Å². The SMILES string of the molecule is CCC(N)(CCCOCC(F)(F)F)C(C)C. The third kappa shape index (κ3) is 6.33. The predicted molar refractivity (Wildman–Crippen MR) is 58.2 cm³/mol. The van der Waals surface area contributed by atoms with E-state index in [4.69, 9.17) is 5.73 Å². The Morgan fingerprint density at radius 3 is 2.19 bits per heavy atom. The second kappa shape index (κ2) is 6.45. The van der Waals surface area contributed by atoms with Crippen molar-refractivity contribution in [1.82, 2.24) is 0 Å². The molecule has 1 unspecified atom stereocenters. The van der Waals surface area contributed by atoms with Crippen LogP contribution in [0.15, 0.2) is 0 Å². The number of hydrogen-bond acceptors (Lipinski definition) is 2. The van der Waals surface area contributed by atoms with Crippen LogP contribution < -0.4 is 5.73 Å². The Balaban J connectivity index is 3.73. The number of nitrogens with two attached hydrogens (primary N) is 1. The minimum atomic E-state index is -4.23. The van der Waals surface area contributed by atoms with Crippen LogP contribution in [0.1, 0.15) is 40.0 Å². The van der Waals surface area contributed by atoms with E-state index < -0.39 is 12.8 Å². The van der Waals surface area contributed by atoms with E-state index in [2.05, 4.69) is 4.74 Å². The van der Waals surface area contributed by atoms with Gasteiger partial charge in [0.05, 0.1) is 0 Å². The lowest BCUT2D eigenvalue weighted by Gasteiger charge is -2.32. The molecule has 0 aromatic heterocycles. The highest BCUT2D eigenvalue weighted by Gasteiger charge is 2.28. The van der Waals surface area contributed by atoms with Gasteiger partial charge in [-0.3, -0.25) is 0 Å². The van der Waals surface area contributed by atoms with E-state index in [0.29, 0.717) is 18.8 Å². The van der Waals surface area contributed by atoms with Crippen molar-refractivity contribution in [2.45, 2.75) is 51.7 Å². The van der Waals surface area contributed by atoms with E-state index in [1.165, 1.54) is 0 Å². The van der Waals surface area contributed by atoms with Gasteiger partial charge in [0, 0.05) is 12.1 Å². The maximum atomic E-state index is 11.8. The molecule has 0 aliphatic carbocycles. The molecular formula is C11H22F3NO. The van der Waals surface area contributed by atoms with E-state index in [1.54, 1.807) is 0 Å². The van der Waals surface area contributed by atoms with E-state index in [0.717, 1.165) is 6.42 Å². The van der Waals surface area contributed by atoms with Gasteiger partial charge in [-0.15, -0.1) is 0 Å². The molecule has 0 bridgehead atoms. The number of hydrogen-bond donors (Lipinski definition) is 1. The first-order valence-electron chi connectivity index (χ1n) is 5.64. The number of rotatable bonds is 7. The largest absolute Gasteiger partial charge is 0.411 e. The van der Waals surface area contributed by atoms with Crippen molar-refractivity contribution in [3.05, 3.63) is 0 Å². The van der Waals surface area contributed by atoms with Gasteiger partial charge >= 0.3 is 6.18 Å². The molecule has 5 heteroatoms. The normalized spacial score (nSPS) is 16.5. The van der Waals surface area contributed by atoms with Gasteiger partial charge in [-0.2, -0.15) is 13.2 Å². The van der Waals surface area contributed by atoms with E-state index in [-0.39, 0.29) is 12.1 Å². The van der Waals surface area contributed by atoms with Crippen molar-refractivity contribution in [3.63, 3.8) is 0 Å². The average molecular weight is 241 g/mol. The molecule has 0 saturated carbocycles. The fourth-order valence-corrected chi connectivity index (χ4v) is 1.56. The molecule has 98 valence electrons. The summed E-state index contributed by atoms with van der Waals surface area (Å²) in [5.41, 5.74) is 5.84. The van der Waals surface area contributed by atoms with Crippen LogP contribution in [0.3, 0.4) is 0 Å². The number of alkyl halides is 3. The van der Waals surface area contributed by atoms with Gasteiger partial charge in [-0.1, -0.05) is 20.8 Å². The first-order valence-corrected chi connectivity index (χ1v) is 5.64. The Morgan fingerprint density at radius 2 is 1.81 bits per heavy atom. The standard InChI is InChI=1S/C11H22F3NO/c1-4-10(15,9(2)3)6-5-7-16-8-11(12,13)14/h9H,4-8,15H2,1-3H3. The van der Waals surface area contributed by atoms with Crippen molar-refractivity contribution in [2.24, 2.45) is 11.7 Å². The summed E-state index contributed by atoms with van der Waals surface area (Å²) in [5, 5.41) is 0. The lowest BCUT2D eigenvalue weighted by molar-refractivity contribution is -0.174. The zero-order valence-electron chi connectivity index (χ0n) is 10.2. The van der Waals surface area contributed by atoms with Crippen LogP contribution in [0.2, 0.25) is 0 Å². The fourth-order valence-electron chi connectivity index (χ4n) is 1.56. The van der Waals surface area contributed by atoms with Gasteiger partial charge in [0.25, 0.3) is 0 Å². The molecule has 16 heavy (non-hydrogen) atoms. The minimum Gasteiger partial charge on any atom is -0.372 e. The molecule has 2 N–H and O–H groups in total. The van der Waals surface area contributed by atoms with Gasteiger partial charge in [0.15, 0.2) is 0 Å². The molecule has 0 aliphatic heterocycles. The summed E-state index contributed by atoms with van der Waals surface area (Å²) in [6.07, 6.45) is -2.15. The molecule has 0 rings (SSSR count). The predicted octanol–water partition coefficient (Wildman–Crippen LogP) is 3.11. The zero-order valence-corrected chi connectivity index (χ0v) is 10.2. The summed E-state index contributed by atoms with van der Waals surface area (Å²) in [6.45, 7) is 5.00. The number of halogens is 3. The minimum absolute atomic E-state index is 0.116. The van der Waals surface area contributed by atoms with Crippen LogP contribution in [0.25, 0.3) is 0 Å². The molecule has 0 heterocycles. The van der Waals surface area contributed by atoms with Gasteiger partial charge in [0.2, 0.25) is 0 Å². The highest BCUT2D eigenvalue weighted by atomic mass is 19.4. The zero-order chi connectivity index (χ0) is 12.8.